The maximum absolute atomic E-state index is 5.97. The molecule has 1 aromatic heterocycles. The normalized spacial score (nSPS) is 10.5. The number of anilines is 1. The summed E-state index contributed by atoms with van der Waals surface area (Å²) >= 11 is 0. The van der Waals surface area contributed by atoms with E-state index in [9.17, 15) is 0 Å². The van der Waals surface area contributed by atoms with Gasteiger partial charge in [0, 0.05) is 28.9 Å². The van der Waals surface area contributed by atoms with Gasteiger partial charge in [-0.25, -0.2) is 0 Å². The molecular weight excluding hydrogens is 264 g/mol. The first-order chi connectivity index (χ1) is 10.3. The number of fused-ring (bicyclic) bond motifs is 1. The van der Waals surface area contributed by atoms with Crippen LogP contribution in [0.25, 0.3) is 10.8 Å². The number of rotatable bonds is 4. The van der Waals surface area contributed by atoms with Gasteiger partial charge in [0.05, 0.1) is 7.11 Å². The van der Waals surface area contributed by atoms with Gasteiger partial charge < -0.3 is 15.2 Å². The van der Waals surface area contributed by atoms with Crippen molar-refractivity contribution in [1.82, 2.24) is 4.98 Å². The standard InChI is InChI=1S/C17H16N2O2/c1-20-13-4-2-12(3-5-13)11-21-17-7-6-16(18)14-8-9-19-10-15(14)17/h2-10H,11,18H2,1H3. The molecule has 0 aliphatic carbocycles. The van der Waals surface area contributed by atoms with Crippen LogP contribution in [0.2, 0.25) is 0 Å². The van der Waals surface area contributed by atoms with Crippen LogP contribution in [0.4, 0.5) is 5.69 Å². The van der Waals surface area contributed by atoms with E-state index in [-0.39, 0.29) is 0 Å². The van der Waals surface area contributed by atoms with Crippen LogP contribution < -0.4 is 15.2 Å². The fraction of sp³-hybridized carbons (Fsp3) is 0.118. The maximum atomic E-state index is 5.97. The van der Waals surface area contributed by atoms with Crippen molar-refractivity contribution < 1.29 is 9.47 Å². The molecule has 0 saturated heterocycles. The van der Waals surface area contributed by atoms with E-state index in [0.29, 0.717) is 6.61 Å². The van der Waals surface area contributed by atoms with Gasteiger partial charge in [-0.1, -0.05) is 12.1 Å². The molecule has 0 aliphatic heterocycles. The molecule has 0 aliphatic rings. The minimum absolute atomic E-state index is 0.484. The molecule has 0 fully saturated rings. The molecule has 21 heavy (non-hydrogen) atoms. The van der Waals surface area contributed by atoms with Gasteiger partial charge in [-0.2, -0.15) is 0 Å². The van der Waals surface area contributed by atoms with Crippen molar-refractivity contribution in [2.75, 3.05) is 12.8 Å². The largest absolute Gasteiger partial charge is 0.497 e. The van der Waals surface area contributed by atoms with Gasteiger partial charge in [0.25, 0.3) is 0 Å². The zero-order chi connectivity index (χ0) is 14.7. The van der Waals surface area contributed by atoms with Crippen LogP contribution in [0.3, 0.4) is 0 Å². The van der Waals surface area contributed by atoms with E-state index < -0.39 is 0 Å². The number of ether oxygens (including phenoxy) is 2. The smallest absolute Gasteiger partial charge is 0.129 e. The van der Waals surface area contributed by atoms with E-state index >= 15 is 0 Å². The minimum atomic E-state index is 0.484. The average molecular weight is 280 g/mol. The summed E-state index contributed by atoms with van der Waals surface area (Å²) in [7, 11) is 1.65. The van der Waals surface area contributed by atoms with E-state index in [1.165, 1.54) is 0 Å². The minimum Gasteiger partial charge on any atom is -0.497 e. The third-order valence-electron chi connectivity index (χ3n) is 3.37. The molecular formula is C17H16N2O2. The molecule has 2 N–H and O–H groups in total. The Balaban J connectivity index is 1.83. The maximum Gasteiger partial charge on any atom is 0.129 e. The number of aromatic nitrogens is 1. The zero-order valence-corrected chi connectivity index (χ0v) is 11.7. The predicted molar refractivity (Wildman–Crippen MR) is 83.5 cm³/mol. The average Bonchev–Trinajstić information content (AvgIpc) is 2.55. The van der Waals surface area contributed by atoms with Crippen LogP contribution >= 0.6 is 0 Å². The summed E-state index contributed by atoms with van der Waals surface area (Å²) < 4.78 is 11.0. The second-order valence-electron chi connectivity index (χ2n) is 4.71. The predicted octanol–water partition coefficient (Wildman–Crippen LogP) is 3.40. The molecule has 0 unspecified atom stereocenters. The van der Waals surface area contributed by atoms with Crippen molar-refractivity contribution >= 4 is 16.5 Å². The number of benzene rings is 2. The summed E-state index contributed by atoms with van der Waals surface area (Å²) in [6, 6.07) is 13.4. The molecule has 1 heterocycles. The summed E-state index contributed by atoms with van der Waals surface area (Å²) in [4.78, 5) is 4.14. The Hall–Kier alpha value is -2.75. The molecule has 3 aromatic rings. The highest BCUT2D eigenvalue weighted by Gasteiger charge is 2.05. The van der Waals surface area contributed by atoms with Crippen LogP contribution in [0.15, 0.2) is 54.9 Å². The van der Waals surface area contributed by atoms with Crippen molar-refractivity contribution in [3.8, 4) is 11.5 Å². The molecule has 0 amide bonds. The summed E-state index contributed by atoms with van der Waals surface area (Å²) in [5.41, 5.74) is 7.77. The number of nitrogen functional groups attached to an aromatic ring is 1. The van der Waals surface area contributed by atoms with Crippen LogP contribution in [-0.2, 0) is 6.61 Å². The lowest BCUT2D eigenvalue weighted by atomic mass is 10.1. The molecule has 0 saturated carbocycles. The molecule has 0 atom stereocenters. The summed E-state index contributed by atoms with van der Waals surface area (Å²) in [6.07, 6.45) is 3.50. The van der Waals surface area contributed by atoms with Gasteiger partial charge in [-0.3, -0.25) is 4.98 Å². The third kappa shape index (κ3) is 2.74. The van der Waals surface area contributed by atoms with Crippen LogP contribution in [0, 0.1) is 0 Å². The van der Waals surface area contributed by atoms with Gasteiger partial charge in [0.1, 0.15) is 18.1 Å². The highest BCUT2D eigenvalue weighted by Crippen LogP contribution is 2.29. The first kappa shape index (κ1) is 13.2. The summed E-state index contributed by atoms with van der Waals surface area (Å²) in [5, 5.41) is 1.88. The van der Waals surface area contributed by atoms with Crippen molar-refractivity contribution in [2.24, 2.45) is 0 Å². The van der Waals surface area contributed by atoms with Gasteiger partial charge in [0.2, 0.25) is 0 Å². The second kappa shape index (κ2) is 5.71. The van der Waals surface area contributed by atoms with Crippen LogP contribution in [0.1, 0.15) is 5.56 Å². The third-order valence-corrected chi connectivity index (χ3v) is 3.37. The molecule has 106 valence electrons. The number of hydrogen-bond donors (Lipinski definition) is 1. The topological polar surface area (TPSA) is 57.4 Å². The molecule has 4 nitrogen and oxygen atoms in total. The summed E-state index contributed by atoms with van der Waals surface area (Å²) in [5.74, 6) is 1.61. The van der Waals surface area contributed by atoms with E-state index in [4.69, 9.17) is 15.2 Å². The first-order valence-electron chi connectivity index (χ1n) is 6.66. The Morgan fingerprint density at radius 2 is 1.81 bits per heavy atom. The number of pyridine rings is 1. The molecule has 0 spiro atoms. The van der Waals surface area contributed by atoms with Crippen molar-refractivity contribution in [2.45, 2.75) is 6.61 Å². The molecule has 3 rings (SSSR count). The van der Waals surface area contributed by atoms with Gasteiger partial charge in [0.15, 0.2) is 0 Å². The Labute approximate surface area is 123 Å². The quantitative estimate of drug-likeness (QED) is 0.744. The Morgan fingerprint density at radius 1 is 1.00 bits per heavy atom. The molecule has 0 radical (unpaired) electrons. The molecule has 2 aromatic carbocycles. The second-order valence-corrected chi connectivity index (χ2v) is 4.71. The fourth-order valence-electron chi connectivity index (χ4n) is 2.20. The lowest BCUT2D eigenvalue weighted by molar-refractivity contribution is 0.309. The number of methoxy groups -OCH3 is 1. The Bertz CT molecular complexity index is 754. The van der Waals surface area contributed by atoms with Gasteiger partial charge >= 0.3 is 0 Å². The van der Waals surface area contributed by atoms with Gasteiger partial charge in [-0.15, -0.1) is 0 Å². The SMILES string of the molecule is COc1ccc(COc2ccc(N)c3ccncc23)cc1. The molecule has 4 heteroatoms. The first-order valence-corrected chi connectivity index (χ1v) is 6.66. The van der Waals surface area contributed by atoms with E-state index in [0.717, 1.165) is 33.5 Å². The monoisotopic (exact) mass is 280 g/mol. The molecule has 0 bridgehead atoms. The number of nitrogens with zero attached hydrogens (tertiary/aromatic N) is 1. The Kier molecular flexibility index (Phi) is 3.60. The Morgan fingerprint density at radius 3 is 2.57 bits per heavy atom. The van der Waals surface area contributed by atoms with E-state index in [2.05, 4.69) is 4.98 Å². The van der Waals surface area contributed by atoms with Crippen LogP contribution in [0.5, 0.6) is 11.5 Å². The fourth-order valence-corrected chi connectivity index (χ4v) is 2.20. The number of hydrogen-bond acceptors (Lipinski definition) is 4. The van der Waals surface area contributed by atoms with Crippen molar-refractivity contribution in [3.63, 3.8) is 0 Å². The lowest BCUT2D eigenvalue weighted by Crippen LogP contribution is -1.97. The van der Waals surface area contributed by atoms with Crippen molar-refractivity contribution in [3.05, 3.63) is 60.4 Å². The van der Waals surface area contributed by atoms with Crippen LogP contribution in [-0.4, -0.2) is 12.1 Å². The van der Waals surface area contributed by atoms with E-state index in [1.807, 2.05) is 42.5 Å². The van der Waals surface area contributed by atoms with E-state index in [1.54, 1.807) is 19.5 Å². The summed E-state index contributed by atoms with van der Waals surface area (Å²) in [6.45, 7) is 0.484. The number of nitrogens with two attached hydrogens (primary N) is 1. The lowest BCUT2D eigenvalue weighted by Gasteiger charge is -2.11. The highest BCUT2D eigenvalue weighted by atomic mass is 16.5. The van der Waals surface area contributed by atoms with Crippen molar-refractivity contribution in [1.29, 1.82) is 0 Å². The highest BCUT2D eigenvalue weighted by molar-refractivity contribution is 5.96. The zero-order valence-electron chi connectivity index (χ0n) is 11.7. The van der Waals surface area contributed by atoms with Gasteiger partial charge in [-0.05, 0) is 35.9 Å².